The highest BCUT2D eigenvalue weighted by molar-refractivity contribution is 6.32. The van der Waals surface area contributed by atoms with Crippen LogP contribution in [0.1, 0.15) is 33.2 Å². The van der Waals surface area contributed by atoms with Crippen LogP contribution in [0.5, 0.6) is 11.5 Å². The molecule has 1 amide bonds. The Balaban J connectivity index is 1.79. The number of nitrogens with one attached hydrogen (secondary N) is 1. The summed E-state index contributed by atoms with van der Waals surface area (Å²) in [6.45, 7) is 2.45. The minimum Gasteiger partial charge on any atom is -0.503 e. The Labute approximate surface area is 174 Å². The first-order chi connectivity index (χ1) is 14.0. The molecule has 2 N–H and O–H groups in total. The number of amides is 1. The minimum absolute atomic E-state index is 0.0758. The highest BCUT2D eigenvalue weighted by Gasteiger charge is 2.33. The van der Waals surface area contributed by atoms with E-state index in [2.05, 4.69) is 5.32 Å². The lowest BCUT2D eigenvalue weighted by molar-refractivity contribution is 0.0666. The van der Waals surface area contributed by atoms with Gasteiger partial charge in [-0.05, 0) is 36.8 Å². The Bertz CT molecular complexity index is 1070. The van der Waals surface area contributed by atoms with E-state index in [0.717, 1.165) is 22.4 Å². The molecule has 1 aliphatic heterocycles. The number of aromatic hydroxyl groups is 1. The number of methoxy groups -OCH3 is 1. The van der Waals surface area contributed by atoms with Gasteiger partial charge in [0.2, 0.25) is 0 Å². The number of phenols is 1. The van der Waals surface area contributed by atoms with Crippen molar-refractivity contribution in [2.45, 2.75) is 19.6 Å². The van der Waals surface area contributed by atoms with Crippen LogP contribution in [0.2, 0.25) is 5.02 Å². The summed E-state index contributed by atoms with van der Waals surface area (Å²) in [5.41, 5.74) is 4.28. The summed E-state index contributed by atoms with van der Waals surface area (Å²) in [4.78, 5) is 15.1. The van der Waals surface area contributed by atoms with Crippen LogP contribution < -0.4 is 10.1 Å². The zero-order valence-electron chi connectivity index (χ0n) is 16.1. The molecule has 3 aromatic carbocycles. The largest absolute Gasteiger partial charge is 0.503 e. The lowest BCUT2D eigenvalue weighted by Gasteiger charge is -2.38. The molecule has 1 heterocycles. The van der Waals surface area contributed by atoms with Crippen LogP contribution in [0, 0.1) is 6.92 Å². The van der Waals surface area contributed by atoms with Crippen molar-refractivity contribution in [3.63, 3.8) is 0 Å². The van der Waals surface area contributed by atoms with Crippen molar-refractivity contribution >= 4 is 23.2 Å². The van der Waals surface area contributed by atoms with Crippen molar-refractivity contribution < 1.29 is 14.6 Å². The van der Waals surface area contributed by atoms with Gasteiger partial charge in [0.05, 0.1) is 17.7 Å². The van der Waals surface area contributed by atoms with E-state index in [4.69, 9.17) is 16.3 Å². The number of aryl methyl sites for hydroxylation is 1. The van der Waals surface area contributed by atoms with Gasteiger partial charge in [0.25, 0.3) is 5.91 Å². The van der Waals surface area contributed by atoms with Gasteiger partial charge in [-0.3, -0.25) is 4.79 Å². The van der Waals surface area contributed by atoms with Crippen molar-refractivity contribution in [3.05, 3.63) is 87.9 Å². The maximum atomic E-state index is 13.4. The summed E-state index contributed by atoms with van der Waals surface area (Å²) in [6, 6.07) is 18.9. The molecular formula is C23H21ClN2O3. The first-order valence-electron chi connectivity index (χ1n) is 9.26. The van der Waals surface area contributed by atoms with Gasteiger partial charge in [-0.1, -0.05) is 53.6 Å². The third kappa shape index (κ3) is 3.61. The molecule has 0 aromatic heterocycles. The third-order valence-electron chi connectivity index (χ3n) is 5.08. The number of carbonyl (C=O) groups is 1. The maximum Gasteiger partial charge on any atom is 0.258 e. The normalized spacial score (nSPS) is 15.6. The Kier molecular flexibility index (Phi) is 5.07. The highest BCUT2D eigenvalue weighted by Crippen LogP contribution is 2.40. The maximum absolute atomic E-state index is 13.4. The topological polar surface area (TPSA) is 61.8 Å². The Morgan fingerprint density at radius 2 is 1.86 bits per heavy atom. The third-order valence-corrected chi connectivity index (χ3v) is 5.37. The predicted octanol–water partition coefficient (Wildman–Crippen LogP) is 5.13. The van der Waals surface area contributed by atoms with Crippen molar-refractivity contribution in [1.82, 2.24) is 4.90 Å². The number of nitrogens with zero attached hydrogens (tertiary/aromatic N) is 1. The quantitative estimate of drug-likeness (QED) is 0.628. The van der Waals surface area contributed by atoms with E-state index in [1.54, 1.807) is 17.0 Å². The second kappa shape index (κ2) is 7.68. The van der Waals surface area contributed by atoms with Gasteiger partial charge < -0.3 is 20.1 Å². The van der Waals surface area contributed by atoms with Crippen molar-refractivity contribution in [3.8, 4) is 11.5 Å². The molecule has 0 unspecified atom stereocenters. The molecule has 1 aliphatic rings. The van der Waals surface area contributed by atoms with Crippen LogP contribution in [0.15, 0.2) is 60.7 Å². The monoisotopic (exact) mass is 408 g/mol. The molecular weight excluding hydrogens is 388 g/mol. The second-order valence-electron chi connectivity index (χ2n) is 7.06. The first kappa shape index (κ1) is 19.2. The van der Waals surface area contributed by atoms with Crippen LogP contribution in [0.3, 0.4) is 0 Å². The fourth-order valence-electron chi connectivity index (χ4n) is 3.52. The molecule has 0 aliphatic carbocycles. The molecule has 148 valence electrons. The number of phenolic OH excluding ortho intramolecular Hbond substituents is 1. The van der Waals surface area contributed by atoms with Crippen molar-refractivity contribution in [2.75, 3.05) is 12.4 Å². The van der Waals surface area contributed by atoms with E-state index < -0.39 is 6.17 Å². The second-order valence-corrected chi connectivity index (χ2v) is 7.47. The summed E-state index contributed by atoms with van der Waals surface area (Å²) in [6.07, 6.45) is -0.467. The number of rotatable bonds is 4. The summed E-state index contributed by atoms with van der Waals surface area (Å²) in [5, 5.41) is 13.7. The smallest absolute Gasteiger partial charge is 0.258 e. The number of halogens is 1. The van der Waals surface area contributed by atoms with E-state index in [-0.39, 0.29) is 22.4 Å². The summed E-state index contributed by atoms with van der Waals surface area (Å²) in [7, 11) is 1.47. The fourth-order valence-corrected chi connectivity index (χ4v) is 3.74. The fraction of sp³-hybridized carbons (Fsp3) is 0.174. The number of benzene rings is 3. The molecule has 0 bridgehead atoms. The Morgan fingerprint density at radius 1 is 1.14 bits per heavy atom. The van der Waals surface area contributed by atoms with Crippen LogP contribution in [-0.2, 0) is 6.54 Å². The van der Waals surface area contributed by atoms with Gasteiger partial charge >= 0.3 is 0 Å². The van der Waals surface area contributed by atoms with Gasteiger partial charge in [0, 0.05) is 17.8 Å². The molecule has 0 saturated carbocycles. The van der Waals surface area contributed by atoms with Crippen LogP contribution >= 0.6 is 11.6 Å². The molecule has 0 spiro atoms. The van der Waals surface area contributed by atoms with Gasteiger partial charge in [0.15, 0.2) is 11.5 Å². The molecule has 5 nitrogen and oxygen atoms in total. The van der Waals surface area contributed by atoms with Crippen LogP contribution in [-0.4, -0.2) is 23.0 Å². The average molecular weight is 409 g/mol. The number of para-hydroxylation sites is 1. The number of hydrogen-bond donors (Lipinski definition) is 2. The summed E-state index contributed by atoms with van der Waals surface area (Å²) < 4.78 is 5.25. The highest BCUT2D eigenvalue weighted by atomic mass is 35.5. The Hall–Kier alpha value is -3.18. The van der Waals surface area contributed by atoms with Gasteiger partial charge in [0.1, 0.15) is 6.17 Å². The summed E-state index contributed by atoms with van der Waals surface area (Å²) >= 11 is 6.22. The number of fused-ring (bicyclic) bond motifs is 1. The Morgan fingerprint density at radius 3 is 2.59 bits per heavy atom. The van der Waals surface area contributed by atoms with E-state index in [0.29, 0.717) is 12.1 Å². The lowest BCUT2D eigenvalue weighted by Crippen LogP contribution is -2.42. The van der Waals surface area contributed by atoms with E-state index in [1.807, 2.05) is 55.5 Å². The number of anilines is 1. The molecule has 0 fully saturated rings. The lowest BCUT2D eigenvalue weighted by atomic mass is 10.0. The zero-order valence-corrected chi connectivity index (χ0v) is 16.9. The SMILES string of the molecule is COc1cc([C@@H]2Nc3ccccc3C(=O)N2Cc2ccc(C)cc2)cc(Cl)c1O. The van der Waals surface area contributed by atoms with Crippen molar-refractivity contribution in [2.24, 2.45) is 0 Å². The minimum atomic E-state index is -0.467. The molecule has 29 heavy (non-hydrogen) atoms. The average Bonchev–Trinajstić information content (AvgIpc) is 2.73. The van der Waals surface area contributed by atoms with Crippen molar-refractivity contribution in [1.29, 1.82) is 0 Å². The predicted molar refractivity (Wildman–Crippen MR) is 114 cm³/mol. The molecule has 1 atom stereocenters. The van der Waals surface area contributed by atoms with Gasteiger partial charge in [-0.2, -0.15) is 0 Å². The summed E-state index contributed by atoms with van der Waals surface area (Å²) in [5.74, 6) is 0.0644. The number of carbonyl (C=O) groups excluding carboxylic acids is 1. The molecule has 4 rings (SSSR count). The van der Waals surface area contributed by atoms with E-state index >= 15 is 0 Å². The number of ether oxygens (including phenoxy) is 1. The molecule has 6 heteroatoms. The number of hydrogen-bond acceptors (Lipinski definition) is 4. The molecule has 0 radical (unpaired) electrons. The standard InChI is InChI=1S/C23H21ClN2O3/c1-14-7-9-15(10-8-14)13-26-22(16-11-18(24)21(27)20(12-16)29-2)25-19-6-4-3-5-17(19)23(26)28/h3-12,22,25,27H,13H2,1-2H3/t22-/m1/s1. The van der Waals surface area contributed by atoms with Gasteiger partial charge in [-0.15, -0.1) is 0 Å². The molecule has 3 aromatic rings. The van der Waals surface area contributed by atoms with Gasteiger partial charge in [-0.25, -0.2) is 0 Å². The first-order valence-corrected chi connectivity index (χ1v) is 9.64. The van der Waals surface area contributed by atoms with E-state index in [9.17, 15) is 9.90 Å². The zero-order chi connectivity index (χ0) is 20.5. The van der Waals surface area contributed by atoms with E-state index in [1.165, 1.54) is 7.11 Å². The van der Waals surface area contributed by atoms with Crippen LogP contribution in [0.25, 0.3) is 0 Å². The van der Waals surface area contributed by atoms with Crippen LogP contribution in [0.4, 0.5) is 5.69 Å². The molecule has 0 saturated heterocycles.